The number of halogens is 1. The van der Waals surface area contributed by atoms with Gasteiger partial charge in [-0.25, -0.2) is 12.8 Å². The molecular weight excluding hydrogens is 469 g/mol. The molecule has 0 saturated heterocycles. The van der Waals surface area contributed by atoms with Gasteiger partial charge in [-0.3, -0.25) is 13.9 Å². The van der Waals surface area contributed by atoms with Gasteiger partial charge in [-0.05, 0) is 44.9 Å². The topological polar surface area (TPSA) is 86.8 Å². The van der Waals surface area contributed by atoms with Gasteiger partial charge >= 0.3 is 0 Å². The predicted octanol–water partition coefficient (Wildman–Crippen LogP) is 4.01. The summed E-state index contributed by atoms with van der Waals surface area (Å²) < 4.78 is 40.3. The summed E-state index contributed by atoms with van der Waals surface area (Å²) in [4.78, 5) is 27.2. The minimum Gasteiger partial charge on any atom is -0.354 e. The molecule has 1 unspecified atom stereocenters. The Morgan fingerprint density at radius 1 is 1.06 bits per heavy atom. The Labute approximate surface area is 208 Å². The normalized spacial score (nSPS) is 12.1. The summed E-state index contributed by atoms with van der Waals surface area (Å²) in [6.07, 6.45) is 3.13. The van der Waals surface area contributed by atoms with Gasteiger partial charge in [0.15, 0.2) is 0 Å². The van der Waals surface area contributed by atoms with Gasteiger partial charge in [-0.2, -0.15) is 0 Å². The van der Waals surface area contributed by atoms with Crippen LogP contribution in [-0.2, 0) is 26.2 Å². The molecule has 0 heterocycles. The van der Waals surface area contributed by atoms with Crippen molar-refractivity contribution in [3.8, 4) is 0 Å². The van der Waals surface area contributed by atoms with E-state index in [1.165, 1.54) is 15.3 Å². The number of amides is 2. The molecule has 0 saturated carbocycles. The van der Waals surface area contributed by atoms with Gasteiger partial charge in [0.25, 0.3) is 0 Å². The molecule has 2 rings (SSSR count). The Morgan fingerprint density at radius 2 is 1.71 bits per heavy atom. The van der Waals surface area contributed by atoms with Crippen LogP contribution in [0.2, 0.25) is 0 Å². The van der Waals surface area contributed by atoms with E-state index in [-0.39, 0.29) is 37.7 Å². The fourth-order valence-corrected chi connectivity index (χ4v) is 4.61. The molecule has 2 aromatic rings. The summed E-state index contributed by atoms with van der Waals surface area (Å²) in [5.41, 5.74) is 1.84. The van der Waals surface area contributed by atoms with Gasteiger partial charge in [0.1, 0.15) is 11.9 Å². The van der Waals surface area contributed by atoms with Crippen LogP contribution < -0.4 is 9.62 Å². The number of hydrogen-bond donors (Lipinski definition) is 1. The summed E-state index contributed by atoms with van der Waals surface area (Å²) >= 11 is 0. The van der Waals surface area contributed by atoms with Crippen molar-refractivity contribution in [2.24, 2.45) is 0 Å². The van der Waals surface area contributed by atoms with Crippen LogP contribution in [0.15, 0.2) is 48.5 Å². The zero-order valence-corrected chi connectivity index (χ0v) is 21.8. The second-order valence-electron chi connectivity index (χ2n) is 8.71. The third-order valence-electron chi connectivity index (χ3n) is 5.77. The lowest BCUT2D eigenvalue weighted by molar-refractivity contribution is -0.140. The Hall–Kier alpha value is -2.94. The molecule has 2 amide bonds. The average Bonchev–Trinajstić information content (AvgIpc) is 2.81. The monoisotopic (exact) mass is 505 g/mol. The van der Waals surface area contributed by atoms with E-state index in [9.17, 15) is 22.4 Å². The molecule has 0 spiro atoms. The minimum absolute atomic E-state index is 0.0128. The number of nitrogens with one attached hydrogen (secondary N) is 1. The van der Waals surface area contributed by atoms with E-state index in [0.717, 1.165) is 24.7 Å². The molecule has 2 aromatic carbocycles. The van der Waals surface area contributed by atoms with Crippen LogP contribution >= 0.6 is 0 Å². The maximum atomic E-state index is 14.3. The number of unbranched alkanes of at least 4 members (excludes halogenated alkanes) is 1. The van der Waals surface area contributed by atoms with Gasteiger partial charge in [0.2, 0.25) is 21.8 Å². The van der Waals surface area contributed by atoms with E-state index in [4.69, 9.17) is 0 Å². The number of anilines is 1. The number of carbonyl (C=O) groups is 2. The van der Waals surface area contributed by atoms with Crippen LogP contribution in [0.4, 0.5) is 10.1 Å². The maximum Gasteiger partial charge on any atom is 0.242 e. The number of benzene rings is 2. The molecule has 0 aliphatic rings. The largest absolute Gasteiger partial charge is 0.354 e. The average molecular weight is 506 g/mol. The molecule has 9 heteroatoms. The maximum absolute atomic E-state index is 14.3. The third-order valence-corrected chi connectivity index (χ3v) is 6.96. The zero-order valence-electron chi connectivity index (χ0n) is 21.0. The minimum atomic E-state index is -3.55. The number of aryl methyl sites for hydroxylation is 1. The molecule has 7 nitrogen and oxygen atoms in total. The summed E-state index contributed by atoms with van der Waals surface area (Å²) in [6.45, 7) is 6.10. The highest BCUT2D eigenvalue weighted by atomic mass is 32.2. The fourth-order valence-electron chi connectivity index (χ4n) is 3.64. The molecular formula is C26H36FN3O4S. The van der Waals surface area contributed by atoms with E-state index in [1.807, 2.05) is 26.0 Å². The number of nitrogens with zero attached hydrogens (tertiary/aromatic N) is 2. The Bertz CT molecular complexity index is 1090. The van der Waals surface area contributed by atoms with Crippen molar-refractivity contribution < 1.29 is 22.4 Å². The number of hydrogen-bond acceptors (Lipinski definition) is 4. The van der Waals surface area contributed by atoms with Crippen molar-refractivity contribution in [2.75, 3.05) is 23.7 Å². The Balaban J connectivity index is 2.14. The zero-order chi connectivity index (χ0) is 26.0. The molecule has 35 heavy (non-hydrogen) atoms. The Kier molecular flexibility index (Phi) is 10.7. The predicted molar refractivity (Wildman–Crippen MR) is 137 cm³/mol. The van der Waals surface area contributed by atoms with Crippen molar-refractivity contribution in [3.05, 3.63) is 65.5 Å². The Morgan fingerprint density at radius 3 is 2.31 bits per heavy atom. The lowest BCUT2D eigenvalue weighted by Crippen LogP contribution is -2.48. The molecule has 192 valence electrons. The van der Waals surface area contributed by atoms with Gasteiger partial charge in [-0.1, -0.05) is 49.2 Å². The molecule has 0 aromatic heterocycles. The van der Waals surface area contributed by atoms with Crippen LogP contribution in [0.25, 0.3) is 0 Å². The first kappa shape index (κ1) is 28.3. The highest BCUT2D eigenvalue weighted by Crippen LogP contribution is 2.20. The summed E-state index contributed by atoms with van der Waals surface area (Å²) in [7, 11) is -3.55. The van der Waals surface area contributed by atoms with Crippen molar-refractivity contribution in [2.45, 2.75) is 59.0 Å². The van der Waals surface area contributed by atoms with Crippen LogP contribution in [0.1, 0.15) is 50.7 Å². The first-order chi connectivity index (χ1) is 16.5. The molecule has 0 aliphatic heterocycles. The summed E-state index contributed by atoms with van der Waals surface area (Å²) in [6, 6.07) is 12.4. The van der Waals surface area contributed by atoms with Gasteiger partial charge in [0.05, 0.1) is 11.9 Å². The van der Waals surface area contributed by atoms with E-state index < -0.39 is 21.9 Å². The highest BCUT2D eigenvalue weighted by Gasteiger charge is 2.27. The number of rotatable bonds is 13. The van der Waals surface area contributed by atoms with E-state index in [1.54, 1.807) is 37.3 Å². The van der Waals surface area contributed by atoms with Gasteiger partial charge in [-0.15, -0.1) is 0 Å². The van der Waals surface area contributed by atoms with Crippen LogP contribution in [-0.4, -0.2) is 50.5 Å². The lowest BCUT2D eigenvalue weighted by atomic mass is 10.1. The van der Waals surface area contributed by atoms with Crippen molar-refractivity contribution >= 4 is 27.5 Å². The van der Waals surface area contributed by atoms with Crippen molar-refractivity contribution in [1.29, 1.82) is 0 Å². The molecule has 0 bridgehead atoms. The molecule has 0 radical (unpaired) electrons. The van der Waals surface area contributed by atoms with Crippen LogP contribution in [0.3, 0.4) is 0 Å². The molecule has 1 atom stereocenters. The molecule has 1 N–H and O–H groups in total. The van der Waals surface area contributed by atoms with Crippen molar-refractivity contribution in [3.63, 3.8) is 0 Å². The summed E-state index contributed by atoms with van der Waals surface area (Å²) in [5.74, 6) is -1.10. The second kappa shape index (κ2) is 13.2. The second-order valence-corrected chi connectivity index (χ2v) is 10.6. The lowest BCUT2D eigenvalue weighted by Gasteiger charge is -2.29. The van der Waals surface area contributed by atoms with Crippen LogP contribution in [0, 0.1) is 12.7 Å². The van der Waals surface area contributed by atoms with E-state index in [0.29, 0.717) is 17.8 Å². The first-order valence-corrected chi connectivity index (χ1v) is 13.7. The SMILES string of the molecule is CCCCNC(=O)C(C)N(Cc1ccccc1F)C(=O)CCCN(c1ccc(C)cc1)S(C)(=O)=O. The van der Waals surface area contributed by atoms with E-state index >= 15 is 0 Å². The third kappa shape index (κ3) is 8.65. The quantitative estimate of drug-likeness (QED) is 0.417. The van der Waals surface area contributed by atoms with Gasteiger partial charge < -0.3 is 10.2 Å². The van der Waals surface area contributed by atoms with E-state index in [2.05, 4.69) is 5.32 Å². The smallest absolute Gasteiger partial charge is 0.242 e. The molecule has 0 aliphatic carbocycles. The van der Waals surface area contributed by atoms with Gasteiger partial charge in [0, 0.05) is 31.6 Å². The fraction of sp³-hybridized carbons (Fsp3) is 0.462. The first-order valence-electron chi connectivity index (χ1n) is 11.9. The standard InChI is InChI=1S/C26H36FN3O4S/c1-5-6-17-28-26(32)21(3)29(19-22-10-7-8-11-24(22)27)25(31)12-9-18-30(35(4,33)34)23-15-13-20(2)14-16-23/h7-8,10-11,13-16,21H,5-6,9,12,17-19H2,1-4H3,(H,28,32). The molecule has 0 fully saturated rings. The highest BCUT2D eigenvalue weighted by molar-refractivity contribution is 7.92. The number of carbonyl (C=O) groups excluding carboxylic acids is 2. The number of sulfonamides is 1. The summed E-state index contributed by atoms with van der Waals surface area (Å²) in [5, 5.41) is 2.83. The van der Waals surface area contributed by atoms with Crippen LogP contribution in [0.5, 0.6) is 0 Å². The van der Waals surface area contributed by atoms with Crippen molar-refractivity contribution in [1.82, 2.24) is 10.2 Å².